The van der Waals surface area contributed by atoms with E-state index in [0.717, 1.165) is 6.29 Å². The summed E-state index contributed by atoms with van der Waals surface area (Å²) >= 11 is 1.74. The molecule has 0 aliphatic rings. The SMILES string of the molecule is CN[C@H](C=O)C(C)(C)c1csc2ccccc12. The number of fused-ring (bicyclic) bond motifs is 1. The maximum atomic E-state index is 11.2. The quantitative estimate of drug-likeness (QED) is 0.842. The van der Waals surface area contributed by atoms with Gasteiger partial charge >= 0.3 is 0 Å². The van der Waals surface area contributed by atoms with E-state index in [9.17, 15) is 4.79 Å². The summed E-state index contributed by atoms with van der Waals surface area (Å²) in [4.78, 5) is 11.2. The fourth-order valence-corrected chi connectivity index (χ4v) is 3.38. The standard InChI is InChI=1S/C14H17NOS/c1-14(2,13(8-16)15-3)11-9-17-12-7-5-4-6-10(11)12/h4-9,13,15H,1-3H3/t13-/m1/s1. The molecule has 0 aliphatic heterocycles. The number of hydrogen-bond acceptors (Lipinski definition) is 3. The van der Waals surface area contributed by atoms with Crippen LogP contribution >= 0.6 is 11.3 Å². The molecule has 0 radical (unpaired) electrons. The molecule has 1 heterocycles. The highest BCUT2D eigenvalue weighted by molar-refractivity contribution is 7.17. The first-order valence-corrected chi connectivity index (χ1v) is 6.58. The minimum Gasteiger partial charge on any atom is -0.310 e. The van der Waals surface area contributed by atoms with Crippen molar-refractivity contribution in [2.75, 3.05) is 7.05 Å². The zero-order valence-electron chi connectivity index (χ0n) is 10.4. The highest BCUT2D eigenvalue weighted by atomic mass is 32.1. The Labute approximate surface area is 106 Å². The van der Waals surface area contributed by atoms with Gasteiger partial charge in [0.05, 0.1) is 6.04 Å². The largest absolute Gasteiger partial charge is 0.310 e. The van der Waals surface area contributed by atoms with Gasteiger partial charge in [0.25, 0.3) is 0 Å². The van der Waals surface area contributed by atoms with Gasteiger partial charge < -0.3 is 10.1 Å². The molecule has 0 saturated heterocycles. The van der Waals surface area contributed by atoms with Gasteiger partial charge in [0.2, 0.25) is 0 Å². The molecule has 0 fully saturated rings. The van der Waals surface area contributed by atoms with Crippen LogP contribution in [0.5, 0.6) is 0 Å². The summed E-state index contributed by atoms with van der Waals surface area (Å²) in [6.45, 7) is 4.22. The summed E-state index contributed by atoms with van der Waals surface area (Å²) in [7, 11) is 1.83. The predicted octanol–water partition coefficient (Wildman–Crippen LogP) is 2.97. The Balaban J connectivity index is 2.55. The van der Waals surface area contributed by atoms with Crippen molar-refractivity contribution in [2.45, 2.75) is 25.3 Å². The highest BCUT2D eigenvalue weighted by Gasteiger charge is 2.32. The lowest BCUT2D eigenvalue weighted by molar-refractivity contribution is -0.110. The average molecular weight is 247 g/mol. The van der Waals surface area contributed by atoms with Crippen molar-refractivity contribution < 1.29 is 4.79 Å². The van der Waals surface area contributed by atoms with Crippen LogP contribution in [-0.2, 0) is 10.2 Å². The molecule has 1 aromatic heterocycles. The van der Waals surface area contributed by atoms with Gasteiger partial charge in [0.1, 0.15) is 6.29 Å². The van der Waals surface area contributed by atoms with Crippen LogP contribution in [-0.4, -0.2) is 19.4 Å². The van der Waals surface area contributed by atoms with Gasteiger partial charge in [-0.25, -0.2) is 0 Å². The summed E-state index contributed by atoms with van der Waals surface area (Å²) in [5.74, 6) is 0. The summed E-state index contributed by atoms with van der Waals surface area (Å²) in [5, 5.41) is 6.50. The average Bonchev–Trinajstić information content (AvgIpc) is 2.74. The second-order valence-electron chi connectivity index (χ2n) is 4.77. The summed E-state index contributed by atoms with van der Waals surface area (Å²) < 4.78 is 1.27. The molecule has 3 heteroatoms. The van der Waals surface area contributed by atoms with Crippen LogP contribution in [0, 0.1) is 0 Å². The van der Waals surface area contributed by atoms with Crippen LogP contribution in [0.4, 0.5) is 0 Å². The minimum atomic E-state index is -0.198. The van der Waals surface area contributed by atoms with Crippen LogP contribution in [0.2, 0.25) is 0 Å². The van der Waals surface area contributed by atoms with Crippen LogP contribution in [0.15, 0.2) is 29.6 Å². The Morgan fingerprint density at radius 3 is 2.71 bits per heavy atom. The zero-order valence-corrected chi connectivity index (χ0v) is 11.2. The lowest BCUT2D eigenvalue weighted by Crippen LogP contribution is -2.44. The molecule has 1 aromatic carbocycles. The molecule has 0 amide bonds. The number of carbonyl (C=O) groups is 1. The van der Waals surface area contributed by atoms with Gasteiger partial charge in [-0.15, -0.1) is 11.3 Å². The molecular formula is C14H17NOS. The van der Waals surface area contributed by atoms with E-state index < -0.39 is 0 Å². The van der Waals surface area contributed by atoms with E-state index in [0.29, 0.717) is 0 Å². The van der Waals surface area contributed by atoms with Crippen molar-refractivity contribution in [3.8, 4) is 0 Å². The molecule has 17 heavy (non-hydrogen) atoms. The number of aldehydes is 1. The Kier molecular flexibility index (Phi) is 3.31. The third-order valence-corrected chi connectivity index (χ3v) is 4.36. The number of likely N-dealkylation sites (N-methyl/N-ethyl adjacent to an activating group) is 1. The molecular weight excluding hydrogens is 230 g/mol. The highest BCUT2D eigenvalue weighted by Crippen LogP contribution is 2.36. The first-order valence-electron chi connectivity index (χ1n) is 5.70. The number of thiophene rings is 1. The molecule has 0 aliphatic carbocycles. The maximum absolute atomic E-state index is 11.2. The molecule has 2 aromatic rings. The van der Waals surface area contributed by atoms with Gasteiger partial charge in [-0.3, -0.25) is 0 Å². The van der Waals surface area contributed by atoms with Crippen LogP contribution in [0.1, 0.15) is 19.4 Å². The molecule has 1 N–H and O–H groups in total. The third kappa shape index (κ3) is 2.01. The maximum Gasteiger partial charge on any atom is 0.137 e. The van der Waals surface area contributed by atoms with E-state index in [4.69, 9.17) is 0 Å². The fraction of sp³-hybridized carbons (Fsp3) is 0.357. The van der Waals surface area contributed by atoms with E-state index in [1.54, 1.807) is 11.3 Å². The van der Waals surface area contributed by atoms with E-state index in [1.807, 2.05) is 19.2 Å². The molecule has 0 unspecified atom stereocenters. The summed E-state index contributed by atoms with van der Waals surface area (Å²) in [6, 6.07) is 8.17. The van der Waals surface area contributed by atoms with E-state index in [1.165, 1.54) is 15.6 Å². The van der Waals surface area contributed by atoms with Gasteiger partial charge in [-0.05, 0) is 29.4 Å². The van der Waals surface area contributed by atoms with Crippen molar-refractivity contribution in [3.05, 3.63) is 35.2 Å². The minimum absolute atomic E-state index is 0.166. The predicted molar refractivity (Wildman–Crippen MR) is 73.8 cm³/mol. The third-order valence-electron chi connectivity index (χ3n) is 3.40. The molecule has 0 saturated carbocycles. The van der Waals surface area contributed by atoms with Crippen molar-refractivity contribution in [2.24, 2.45) is 0 Å². The number of rotatable bonds is 4. The van der Waals surface area contributed by atoms with Gasteiger partial charge in [0.15, 0.2) is 0 Å². The Bertz CT molecular complexity index is 530. The van der Waals surface area contributed by atoms with E-state index in [-0.39, 0.29) is 11.5 Å². The first kappa shape index (κ1) is 12.3. The van der Waals surface area contributed by atoms with Crippen molar-refractivity contribution >= 4 is 27.7 Å². The zero-order chi connectivity index (χ0) is 12.5. The van der Waals surface area contributed by atoms with Crippen LogP contribution < -0.4 is 5.32 Å². The van der Waals surface area contributed by atoms with Crippen molar-refractivity contribution in [3.63, 3.8) is 0 Å². The molecule has 0 bridgehead atoms. The molecule has 0 spiro atoms. The fourth-order valence-electron chi connectivity index (χ4n) is 2.24. The topological polar surface area (TPSA) is 29.1 Å². The van der Waals surface area contributed by atoms with Gasteiger partial charge in [-0.2, -0.15) is 0 Å². The van der Waals surface area contributed by atoms with E-state index in [2.05, 4.69) is 36.7 Å². The monoisotopic (exact) mass is 247 g/mol. The van der Waals surface area contributed by atoms with Crippen molar-refractivity contribution in [1.82, 2.24) is 5.32 Å². The lowest BCUT2D eigenvalue weighted by Gasteiger charge is -2.30. The van der Waals surface area contributed by atoms with Gasteiger partial charge in [-0.1, -0.05) is 32.0 Å². The molecule has 2 nitrogen and oxygen atoms in total. The number of nitrogens with one attached hydrogen (secondary N) is 1. The summed E-state index contributed by atoms with van der Waals surface area (Å²) in [5.41, 5.74) is 1.04. The Hall–Kier alpha value is -1.19. The number of hydrogen-bond donors (Lipinski definition) is 1. The number of carbonyl (C=O) groups excluding carboxylic acids is 1. The van der Waals surface area contributed by atoms with Crippen LogP contribution in [0.3, 0.4) is 0 Å². The lowest BCUT2D eigenvalue weighted by atomic mass is 9.78. The summed E-state index contributed by atoms with van der Waals surface area (Å²) in [6.07, 6.45) is 0.992. The Morgan fingerprint density at radius 2 is 2.06 bits per heavy atom. The smallest absolute Gasteiger partial charge is 0.137 e. The second kappa shape index (κ2) is 4.59. The van der Waals surface area contributed by atoms with Gasteiger partial charge in [0, 0.05) is 10.1 Å². The molecule has 90 valence electrons. The Morgan fingerprint density at radius 1 is 1.35 bits per heavy atom. The molecule has 2 rings (SSSR count). The van der Waals surface area contributed by atoms with E-state index >= 15 is 0 Å². The normalized spacial score (nSPS) is 13.8. The second-order valence-corrected chi connectivity index (χ2v) is 5.68. The first-order chi connectivity index (χ1) is 8.11. The van der Waals surface area contributed by atoms with Crippen LogP contribution in [0.25, 0.3) is 10.1 Å². The molecule has 1 atom stereocenters. The number of benzene rings is 1. The van der Waals surface area contributed by atoms with Crippen molar-refractivity contribution in [1.29, 1.82) is 0 Å².